The minimum Gasteiger partial charge on any atom is -0.325 e. The van der Waals surface area contributed by atoms with Crippen molar-refractivity contribution in [1.82, 2.24) is 4.98 Å². The maximum absolute atomic E-state index is 13.2. The molecule has 14 heavy (non-hydrogen) atoms. The topological polar surface area (TPSA) is 38.9 Å². The van der Waals surface area contributed by atoms with Gasteiger partial charge in [-0.25, -0.2) is 13.8 Å². The van der Waals surface area contributed by atoms with Crippen LogP contribution in [-0.4, -0.2) is 4.98 Å². The Bertz CT molecular complexity index is 483. The van der Waals surface area contributed by atoms with E-state index < -0.39 is 11.6 Å². The molecule has 2 nitrogen and oxygen atoms in total. The van der Waals surface area contributed by atoms with E-state index in [1.54, 1.807) is 12.1 Å². The summed E-state index contributed by atoms with van der Waals surface area (Å²) in [5.74, 6) is -1.26. The molecule has 1 heterocycles. The van der Waals surface area contributed by atoms with Gasteiger partial charge in [0.25, 0.3) is 0 Å². The van der Waals surface area contributed by atoms with Crippen molar-refractivity contribution in [2.45, 2.75) is 6.54 Å². The Labute approximate surface area is 79.4 Å². The smallest absolute Gasteiger partial charge is 0.152 e. The van der Waals surface area contributed by atoms with Gasteiger partial charge in [-0.05, 0) is 12.1 Å². The third-order valence-electron chi connectivity index (χ3n) is 1.98. The molecule has 2 aromatic rings. The molecule has 0 aliphatic heterocycles. The Morgan fingerprint density at radius 2 is 2.00 bits per heavy atom. The van der Waals surface area contributed by atoms with E-state index in [-0.39, 0.29) is 12.1 Å². The van der Waals surface area contributed by atoms with Gasteiger partial charge in [0.1, 0.15) is 11.3 Å². The zero-order valence-electron chi connectivity index (χ0n) is 7.30. The summed E-state index contributed by atoms with van der Waals surface area (Å²) in [4.78, 5) is 3.97. The number of benzene rings is 1. The van der Waals surface area contributed by atoms with Crippen LogP contribution in [0.25, 0.3) is 10.9 Å². The number of fused-ring (bicyclic) bond motifs is 1. The predicted octanol–water partition coefficient (Wildman–Crippen LogP) is 1.97. The van der Waals surface area contributed by atoms with Gasteiger partial charge in [0.05, 0.1) is 5.69 Å². The van der Waals surface area contributed by atoms with E-state index in [9.17, 15) is 8.78 Å². The number of halogens is 2. The standard InChI is InChI=1S/C10H8F2N2/c11-7-3-6-1-2-8(5-13)14-10(6)9(12)4-7/h1-4H,5,13H2. The first kappa shape index (κ1) is 9.02. The van der Waals surface area contributed by atoms with Crippen LogP contribution in [0.15, 0.2) is 24.3 Å². The van der Waals surface area contributed by atoms with Crippen molar-refractivity contribution in [3.05, 3.63) is 41.6 Å². The van der Waals surface area contributed by atoms with Crippen LogP contribution in [-0.2, 0) is 6.54 Å². The van der Waals surface area contributed by atoms with Gasteiger partial charge < -0.3 is 5.73 Å². The van der Waals surface area contributed by atoms with Gasteiger partial charge in [-0.1, -0.05) is 6.07 Å². The van der Waals surface area contributed by atoms with Gasteiger partial charge >= 0.3 is 0 Å². The second kappa shape index (κ2) is 3.31. The van der Waals surface area contributed by atoms with Crippen LogP contribution in [0, 0.1) is 11.6 Å². The lowest BCUT2D eigenvalue weighted by molar-refractivity contribution is 0.590. The van der Waals surface area contributed by atoms with E-state index in [2.05, 4.69) is 4.98 Å². The molecule has 72 valence electrons. The summed E-state index contributed by atoms with van der Waals surface area (Å²) >= 11 is 0. The van der Waals surface area contributed by atoms with Gasteiger partial charge in [0.2, 0.25) is 0 Å². The summed E-state index contributed by atoms with van der Waals surface area (Å²) in [6, 6.07) is 5.32. The quantitative estimate of drug-likeness (QED) is 0.753. The molecule has 0 amide bonds. The summed E-state index contributed by atoms with van der Waals surface area (Å²) in [6.07, 6.45) is 0. The average Bonchev–Trinajstić information content (AvgIpc) is 2.17. The van der Waals surface area contributed by atoms with E-state index >= 15 is 0 Å². The highest BCUT2D eigenvalue weighted by atomic mass is 19.1. The van der Waals surface area contributed by atoms with Crippen molar-refractivity contribution < 1.29 is 8.78 Å². The second-order valence-electron chi connectivity index (χ2n) is 2.97. The Hall–Kier alpha value is -1.55. The average molecular weight is 194 g/mol. The number of rotatable bonds is 1. The number of aromatic nitrogens is 1. The second-order valence-corrected chi connectivity index (χ2v) is 2.97. The molecule has 0 saturated heterocycles. The van der Waals surface area contributed by atoms with Crippen LogP contribution in [0.4, 0.5) is 8.78 Å². The number of pyridine rings is 1. The third kappa shape index (κ3) is 1.44. The highest BCUT2D eigenvalue weighted by Gasteiger charge is 2.05. The lowest BCUT2D eigenvalue weighted by Crippen LogP contribution is -2.00. The molecule has 0 bridgehead atoms. The van der Waals surface area contributed by atoms with Gasteiger partial charge in [0, 0.05) is 18.0 Å². The Balaban J connectivity index is 2.75. The molecular formula is C10H8F2N2. The molecule has 0 radical (unpaired) electrons. The molecule has 0 unspecified atom stereocenters. The monoisotopic (exact) mass is 194 g/mol. The van der Waals surface area contributed by atoms with Crippen molar-refractivity contribution in [2.24, 2.45) is 5.73 Å². The lowest BCUT2D eigenvalue weighted by Gasteiger charge is -2.01. The van der Waals surface area contributed by atoms with Crippen molar-refractivity contribution in [1.29, 1.82) is 0 Å². The van der Waals surface area contributed by atoms with Crippen LogP contribution in [0.5, 0.6) is 0 Å². The van der Waals surface area contributed by atoms with Crippen LogP contribution < -0.4 is 5.73 Å². The van der Waals surface area contributed by atoms with Gasteiger partial charge in [-0.2, -0.15) is 0 Å². The predicted molar refractivity (Wildman–Crippen MR) is 49.6 cm³/mol. The molecular weight excluding hydrogens is 186 g/mol. The summed E-state index contributed by atoms with van der Waals surface area (Å²) in [6.45, 7) is 0.243. The molecule has 1 aromatic heterocycles. The molecule has 2 rings (SSSR count). The van der Waals surface area contributed by atoms with Crippen LogP contribution in [0.1, 0.15) is 5.69 Å². The molecule has 0 fully saturated rings. The van der Waals surface area contributed by atoms with Crippen molar-refractivity contribution in [3.63, 3.8) is 0 Å². The molecule has 0 atom stereocenters. The van der Waals surface area contributed by atoms with E-state index in [0.29, 0.717) is 11.1 Å². The maximum atomic E-state index is 13.2. The van der Waals surface area contributed by atoms with E-state index in [0.717, 1.165) is 6.07 Å². The summed E-state index contributed by atoms with van der Waals surface area (Å²) < 4.78 is 26.0. The SMILES string of the molecule is NCc1ccc2cc(F)cc(F)c2n1. The van der Waals surface area contributed by atoms with Crippen LogP contribution in [0.2, 0.25) is 0 Å². The Morgan fingerprint density at radius 3 is 2.71 bits per heavy atom. The fourth-order valence-electron chi connectivity index (χ4n) is 1.31. The summed E-state index contributed by atoms with van der Waals surface area (Å²) in [7, 11) is 0. The van der Waals surface area contributed by atoms with Crippen LogP contribution >= 0.6 is 0 Å². The summed E-state index contributed by atoms with van der Waals surface area (Å²) in [5.41, 5.74) is 6.11. The van der Waals surface area contributed by atoms with Crippen molar-refractivity contribution in [2.75, 3.05) is 0 Å². The third-order valence-corrected chi connectivity index (χ3v) is 1.98. The van der Waals surface area contributed by atoms with Gasteiger partial charge in [0.15, 0.2) is 5.82 Å². The zero-order valence-corrected chi connectivity index (χ0v) is 7.30. The summed E-state index contributed by atoms with van der Waals surface area (Å²) in [5, 5.41) is 0.444. The van der Waals surface area contributed by atoms with Crippen molar-refractivity contribution in [3.8, 4) is 0 Å². The molecule has 2 N–H and O–H groups in total. The Kier molecular flexibility index (Phi) is 2.13. The largest absolute Gasteiger partial charge is 0.325 e. The molecule has 4 heteroatoms. The molecule has 0 saturated carbocycles. The number of hydrogen-bond acceptors (Lipinski definition) is 2. The Morgan fingerprint density at radius 1 is 1.21 bits per heavy atom. The minimum atomic E-state index is -0.657. The number of nitrogens with zero attached hydrogens (tertiary/aromatic N) is 1. The van der Waals surface area contributed by atoms with E-state index in [1.807, 2.05) is 0 Å². The zero-order chi connectivity index (χ0) is 10.1. The van der Waals surface area contributed by atoms with Crippen molar-refractivity contribution >= 4 is 10.9 Å². The molecule has 1 aromatic carbocycles. The van der Waals surface area contributed by atoms with Gasteiger partial charge in [-0.3, -0.25) is 0 Å². The number of hydrogen-bond donors (Lipinski definition) is 1. The van der Waals surface area contributed by atoms with E-state index in [1.165, 1.54) is 6.07 Å². The number of nitrogens with two attached hydrogens (primary N) is 1. The first-order valence-corrected chi connectivity index (χ1v) is 4.15. The van der Waals surface area contributed by atoms with Gasteiger partial charge in [-0.15, -0.1) is 0 Å². The highest BCUT2D eigenvalue weighted by molar-refractivity contribution is 5.79. The lowest BCUT2D eigenvalue weighted by atomic mass is 10.2. The normalized spacial score (nSPS) is 10.8. The molecule has 0 aliphatic carbocycles. The van der Waals surface area contributed by atoms with Crippen LogP contribution in [0.3, 0.4) is 0 Å². The maximum Gasteiger partial charge on any atom is 0.152 e. The fraction of sp³-hybridized carbons (Fsp3) is 0.100. The van der Waals surface area contributed by atoms with E-state index in [4.69, 9.17) is 5.73 Å². The first-order chi connectivity index (χ1) is 6.70. The fourth-order valence-corrected chi connectivity index (χ4v) is 1.31. The molecule has 0 spiro atoms. The minimum absolute atomic E-state index is 0.161. The highest BCUT2D eigenvalue weighted by Crippen LogP contribution is 2.17. The first-order valence-electron chi connectivity index (χ1n) is 4.15. The molecule has 0 aliphatic rings.